The summed E-state index contributed by atoms with van der Waals surface area (Å²) >= 11 is 4.98. The second kappa shape index (κ2) is 3.24. The standard InChI is InChI=1S/C11H7NOS/c1-7-8-4-2-3-5-10(8)13-11(14)9(7)6-12/h2-5H,1H3. The van der Waals surface area contributed by atoms with E-state index in [1.165, 1.54) is 0 Å². The third-order valence-electron chi connectivity index (χ3n) is 2.18. The molecule has 2 nitrogen and oxygen atoms in total. The van der Waals surface area contributed by atoms with Crippen LogP contribution in [0, 0.1) is 23.0 Å². The molecule has 0 bridgehead atoms. The van der Waals surface area contributed by atoms with Gasteiger partial charge < -0.3 is 4.42 Å². The van der Waals surface area contributed by atoms with Crippen molar-refractivity contribution in [2.75, 3.05) is 0 Å². The van der Waals surface area contributed by atoms with Gasteiger partial charge in [0.2, 0.25) is 4.71 Å². The van der Waals surface area contributed by atoms with E-state index in [2.05, 4.69) is 6.07 Å². The lowest BCUT2D eigenvalue weighted by Gasteiger charge is -2.02. The quantitative estimate of drug-likeness (QED) is 0.613. The maximum atomic E-state index is 8.88. The van der Waals surface area contributed by atoms with Gasteiger partial charge >= 0.3 is 0 Å². The molecular formula is C11H7NOS. The largest absolute Gasteiger partial charge is 0.444 e. The Morgan fingerprint density at radius 2 is 2.07 bits per heavy atom. The first-order valence-electron chi connectivity index (χ1n) is 4.16. The normalized spacial score (nSPS) is 10.0. The first-order valence-corrected chi connectivity index (χ1v) is 4.57. The molecule has 0 unspecified atom stereocenters. The van der Waals surface area contributed by atoms with Crippen molar-refractivity contribution in [1.29, 1.82) is 5.26 Å². The Morgan fingerprint density at radius 3 is 2.79 bits per heavy atom. The van der Waals surface area contributed by atoms with Crippen molar-refractivity contribution in [2.45, 2.75) is 6.92 Å². The van der Waals surface area contributed by atoms with Gasteiger partial charge in [-0.05, 0) is 30.8 Å². The van der Waals surface area contributed by atoms with Gasteiger partial charge in [-0.25, -0.2) is 0 Å². The number of para-hydroxylation sites is 1. The van der Waals surface area contributed by atoms with E-state index < -0.39 is 0 Å². The molecule has 0 N–H and O–H groups in total. The summed E-state index contributed by atoms with van der Waals surface area (Å²) in [5.41, 5.74) is 2.08. The van der Waals surface area contributed by atoms with Crippen molar-refractivity contribution in [2.24, 2.45) is 0 Å². The lowest BCUT2D eigenvalue weighted by atomic mass is 10.1. The Hall–Kier alpha value is -1.66. The Kier molecular flexibility index (Phi) is 2.06. The Bertz CT molecular complexity index is 592. The monoisotopic (exact) mass is 201 g/mol. The van der Waals surface area contributed by atoms with Gasteiger partial charge in [0.1, 0.15) is 17.2 Å². The van der Waals surface area contributed by atoms with E-state index in [9.17, 15) is 0 Å². The first kappa shape index (κ1) is 8.92. The van der Waals surface area contributed by atoms with E-state index in [1.807, 2.05) is 31.2 Å². The van der Waals surface area contributed by atoms with Gasteiger partial charge in [0, 0.05) is 5.39 Å². The predicted octanol–water partition coefficient (Wildman–Crippen LogP) is 3.34. The molecule has 0 radical (unpaired) electrons. The zero-order chi connectivity index (χ0) is 10.1. The molecule has 1 aromatic heterocycles. The maximum Gasteiger partial charge on any atom is 0.208 e. The van der Waals surface area contributed by atoms with Crippen molar-refractivity contribution < 1.29 is 4.42 Å². The fraction of sp³-hybridized carbons (Fsp3) is 0.0909. The minimum atomic E-state index is 0.267. The molecule has 2 rings (SSSR count). The van der Waals surface area contributed by atoms with E-state index in [0.717, 1.165) is 16.5 Å². The van der Waals surface area contributed by atoms with Crippen molar-refractivity contribution in [1.82, 2.24) is 0 Å². The van der Waals surface area contributed by atoms with Crippen LogP contribution < -0.4 is 0 Å². The van der Waals surface area contributed by atoms with E-state index in [-0.39, 0.29) is 4.71 Å². The molecule has 0 amide bonds. The van der Waals surface area contributed by atoms with Crippen molar-refractivity contribution in [3.63, 3.8) is 0 Å². The second-order valence-corrected chi connectivity index (χ2v) is 3.37. The minimum Gasteiger partial charge on any atom is -0.444 e. The van der Waals surface area contributed by atoms with Crippen LogP contribution in [0.5, 0.6) is 0 Å². The number of nitriles is 1. The molecule has 2 aromatic rings. The minimum absolute atomic E-state index is 0.267. The number of hydrogen-bond acceptors (Lipinski definition) is 3. The van der Waals surface area contributed by atoms with Crippen molar-refractivity contribution in [3.8, 4) is 6.07 Å². The maximum absolute atomic E-state index is 8.88. The van der Waals surface area contributed by atoms with Crippen LogP contribution in [-0.2, 0) is 0 Å². The molecule has 1 heterocycles. The number of fused-ring (bicyclic) bond motifs is 1. The Balaban J connectivity index is 3.02. The SMILES string of the molecule is Cc1c(C#N)c(=S)oc2ccccc12. The molecule has 68 valence electrons. The molecule has 0 saturated heterocycles. The summed E-state index contributed by atoms with van der Waals surface area (Å²) in [5, 5.41) is 9.82. The average molecular weight is 201 g/mol. The summed E-state index contributed by atoms with van der Waals surface area (Å²) in [6.45, 7) is 1.88. The molecule has 3 heteroatoms. The lowest BCUT2D eigenvalue weighted by Crippen LogP contribution is -1.86. The molecule has 0 fully saturated rings. The fourth-order valence-corrected chi connectivity index (χ4v) is 1.72. The fourth-order valence-electron chi connectivity index (χ4n) is 1.43. The summed E-state index contributed by atoms with van der Waals surface area (Å²) < 4.78 is 5.62. The van der Waals surface area contributed by atoms with E-state index in [1.54, 1.807) is 0 Å². The van der Waals surface area contributed by atoms with Crippen LogP contribution in [0.15, 0.2) is 28.7 Å². The summed E-state index contributed by atoms with van der Waals surface area (Å²) in [6.07, 6.45) is 0. The van der Waals surface area contributed by atoms with Crippen LogP contribution in [0.2, 0.25) is 0 Å². The average Bonchev–Trinajstić information content (AvgIpc) is 2.18. The second-order valence-electron chi connectivity index (χ2n) is 3.00. The van der Waals surface area contributed by atoms with Crippen molar-refractivity contribution in [3.05, 3.63) is 40.1 Å². The van der Waals surface area contributed by atoms with Gasteiger partial charge in [-0.2, -0.15) is 5.26 Å². The van der Waals surface area contributed by atoms with E-state index in [0.29, 0.717) is 5.56 Å². The van der Waals surface area contributed by atoms with Crippen LogP contribution in [0.4, 0.5) is 0 Å². The molecular weight excluding hydrogens is 194 g/mol. The highest BCUT2D eigenvalue weighted by Gasteiger charge is 2.06. The predicted molar refractivity (Wildman–Crippen MR) is 56.5 cm³/mol. The number of nitrogens with zero attached hydrogens (tertiary/aromatic N) is 1. The number of rotatable bonds is 0. The van der Waals surface area contributed by atoms with Crippen LogP contribution >= 0.6 is 12.2 Å². The first-order chi connectivity index (χ1) is 6.74. The van der Waals surface area contributed by atoms with Crippen LogP contribution in [0.3, 0.4) is 0 Å². The van der Waals surface area contributed by atoms with Gasteiger partial charge in [-0.1, -0.05) is 18.2 Å². The number of hydrogen-bond donors (Lipinski definition) is 0. The topological polar surface area (TPSA) is 36.9 Å². The van der Waals surface area contributed by atoms with Gasteiger partial charge in [0.25, 0.3) is 0 Å². The highest BCUT2D eigenvalue weighted by atomic mass is 32.1. The molecule has 0 spiro atoms. The third kappa shape index (κ3) is 1.21. The molecule has 0 aliphatic carbocycles. The summed E-state index contributed by atoms with van der Waals surface area (Å²) in [4.78, 5) is 0. The third-order valence-corrected chi connectivity index (χ3v) is 2.47. The smallest absolute Gasteiger partial charge is 0.208 e. The lowest BCUT2D eigenvalue weighted by molar-refractivity contribution is 0.583. The Morgan fingerprint density at radius 1 is 1.36 bits per heavy atom. The van der Waals surface area contributed by atoms with Gasteiger partial charge in [-0.15, -0.1) is 0 Å². The highest BCUT2D eigenvalue weighted by Crippen LogP contribution is 2.22. The summed E-state index contributed by atoms with van der Waals surface area (Å²) in [7, 11) is 0. The van der Waals surface area contributed by atoms with Crippen molar-refractivity contribution >= 4 is 23.2 Å². The van der Waals surface area contributed by atoms with Gasteiger partial charge in [0.05, 0.1) is 0 Å². The zero-order valence-electron chi connectivity index (χ0n) is 7.57. The van der Waals surface area contributed by atoms with Crippen LogP contribution in [-0.4, -0.2) is 0 Å². The van der Waals surface area contributed by atoms with E-state index >= 15 is 0 Å². The van der Waals surface area contributed by atoms with Crippen LogP contribution in [0.1, 0.15) is 11.1 Å². The molecule has 14 heavy (non-hydrogen) atoms. The Labute approximate surface area is 86.4 Å². The highest BCUT2D eigenvalue weighted by molar-refractivity contribution is 7.71. The van der Waals surface area contributed by atoms with Crippen LogP contribution in [0.25, 0.3) is 11.0 Å². The molecule has 1 aromatic carbocycles. The summed E-state index contributed by atoms with van der Waals surface area (Å²) in [5.74, 6) is 0. The van der Waals surface area contributed by atoms with Gasteiger partial charge in [-0.3, -0.25) is 0 Å². The van der Waals surface area contributed by atoms with Gasteiger partial charge in [0.15, 0.2) is 0 Å². The van der Waals surface area contributed by atoms with E-state index in [4.69, 9.17) is 21.9 Å². The number of benzene rings is 1. The number of aryl methyl sites for hydroxylation is 1. The molecule has 0 aliphatic heterocycles. The summed E-state index contributed by atoms with van der Waals surface area (Å²) in [6, 6.07) is 9.62. The molecule has 0 atom stereocenters. The zero-order valence-corrected chi connectivity index (χ0v) is 8.39. The molecule has 0 aliphatic rings. The molecule has 0 saturated carbocycles.